The number of ether oxygens (including phenoxy) is 2. The van der Waals surface area contributed by atoms with Gasteiger partial charge in [-0.1, -0.05) is 0 Å². The van der Waals surface area contributed by atoms with Crippen LogP contribution < -0.4 is 4.74 Å². The van der Waals surface area contributed by atoms with Crippen molar-refractivity contribution in [2.45, 2.75) is 0 Å². The van der Waals surface area contributed by atoms with E-state index < -0.39 is 0 Å². The molecule has 0 atom stereocenters. The minimum Gasteiger partial charge on any atom is -0.497 e. The van der Waals surface area contributed by atoms with Crippen molar-refractivity contribution in [1.29, 1.82) is 0 Å². The maximum Gasteiger partial charge on any atom is 0.271 e. The molecule has 1 aromatic heterocycles. The zero-order valence-corrected chi connectivity index (χ0v) is 11.7. The average molecular weight is 288 g/mol. The van der Waals surface area contributed by atoms with E-state index in [9.17, 15) is 9.59 Å². The van der Waals surface area contributed by atoms with Crippen LogP contribution in [0.25, 0.3) is 10.9 Å². The van der Waals surface area contributed by atoms with Gasteiger partial charge in [0.25, 0.3) is 5.91 Å². The number of carbonyl (C=O) groups is 2. The van der Waals surface area contributed by atoms with E-state index in [0.717, 1.165) is 5.52 Å². The highest BCUT2D eigenvalue weighted by molar-refractivity contribution is 6.09. The summed E-state index contributed by atoms with van der Waals surface area (Å²) in [5.41, 5.74) is 1.45. The molecule has 2 heterocycles. The molecule has 2 aromatic rings. The third kappa shape index (κ3) is 2.38. The molecule has 6 heteroatoms. The molecule has 1 aliphatic rings. The number of aromatic nitrogens is 1. The Balaban J connectivity index is 2.05. The van der Waals surface area contributed by atoms with Crippen molar-refractivity contribution in [2.75, 3.05) is 33.4 Å². The molecule has 1 aromatic carbocycles. The first-order chi connectivity index (χ1) is 10.2. The van der Waals surface area contributed by atoms with Crippen LogP contribution in [0.2, 0.25) is 0 Å². The van der Waals surface area contributed by atoms with E-state index in [4.69, 9.17) is 9.47 Å². The number of nitrogens with one attached hydrogen (secondary N) is 1. The van der Waals surface area contributed by atoms with E-state index >= 15 is 0 Å². The number of fused-ring (bicyclic) bond motifs is 1. The first-order valence-corrected chi connectivity index (χ1v) is 6.76. The van der Waals surface area contributed by atoms with Gasteiger partial charge in [-0.25, -0.2) is 0 Å². The van der Waals surface area contributed by atoms with Crippen LogP contribution in [-0.2, 0) is 4.74 Å². The van der Waals surface area contributed by atoms with Crippen LogP contribution >= 0.6 is 0 Å². The lowest BCUT2D eigenvalue weighted by molar-refractivity contribution is 0.0299. The van der Waals surface area contributed by atoms with Gasteiger partial charge in [0.1, 0.15) is 11.4 Å². The molecule has 0 aliphatic carbocycles. The topological polar surface area (TPSA) is 71.6 Å². The molecule has 1 fully saturated rings. The van der Waals surface area contributed by atoms with Gasteiger partial charge in [-0.3, -0.25) is 9.59 Å². The van der Waals surface area contributed by atoms with Crippen LogP contribution in [0.4, 0.5) is 0 Å². The molecular formula is C15H16N2O4. The third-order valence-corrected chi connectivity index (χ3v) is 3.68. The zero-order valence-electron chi connectivity index (χ0n) is 11.7. The molecule has 3 rings (SSSR count). The summed E-state index contributed by atoms with van der Waals surface area (Å²) in [4.78, 5) is 28.7. The number of rotatable bonds is 3. The Morgan fingerprint density at radius 2 is 2.14 bits per heavy atom. The zero-order chi connectivity index (χ0) is 14.8. The van der Waals surface area contributed by atoms with Crippen LogP contribution in [0.15, 0.2) is 18.2 Å². The smallest absolute Gasteiger partial charge is 0.271 e. The van der Waals surface area contributed by atoms with Crippen LogP contribution in [0.5, 0.6) is 5.75 Å². The lowest BCUT2D eigenvalue weighted by Gasteiger charge is -2.26. The van der Waals surface area contributed by atoms with Gasteiger partial charge in [0.05, 0.1) is 25.9 Å². The highest BCUT2D eigenvalue weighted by Crippen LogP contribution is 2.26. The van der Waals surface area contributed by atoms with E-state index in [1.165, 1.54) is 0 Å². The van der Waals surface area contributed by atoms with Crippen molar-refractivity contribution in [3.05, 3.63) is 29.5 Å². The van der Waals surface area contributed by atoms with Crippen LogP contribution in [0.1, 0.15) is 20.8 Å². The lowest BCUT2D eigenvalue weighted by atomic mass is 10.1. The van der Waals surface area contributed by atoms with E-state index in [0.29, 0.717) is 55.0 Å². The van der Waals surface area contributed by atoms with Crippen LogP contribution in [0.3, 0.4) is 0 Å². The van der Waals surface area contributed by atoms with Crippen molar-refractivity contribution in [3.8, 4) is 5.75 Å². The summed E-state index contributed by atoms with van der Waals surface area (Å²) in [5.74, 6) is 0.477. The molecule has 0 spiro atoms. The summed E-state index contributed by atoms with van der Waals surface area (Å²) in [6, 6.07) is 5.35. The first-order valence-electron chi connectivity index (χ1n) is 6.76. The standard InChI is InChI=1S/C15H16N2O4/c1-20-10-2-3-13-11(8-10)12(9-18)14(16-13)15(19)17-4-6-21-7-5-17/h2-3,8-9,16H,4-7H2,1H3. The summed E-state index contributed by atoms with van der Waals surface area (Å²) < 4.78 is 10.4. The summed E-state index contributed by atoms with van der Waals surface area (Å²) >= 11 is 0. The van der Waals surface area contributed by atoms with Gasteiger partial charge in [-0.05, 0) is 18.2 Å². The van der Waals surface area contributed by atoms with Crippen LogP contribution in [-0.4, -0.2) is 55.5 Å². The number of nitrogens with zero attached hydrogens (tertiary/aromatic N) is 1. The normalized spacial score (nSPS) is 15.2. The SMILES string of the molecule is COc1ccc2[nH]c(C(=O)N3CCOCC3)c(C=O)c2c1. The molecule has 1 aliphatic heterocycles. The highest BCUT2D eigenvalue weighted by Gasteiger charge is 2.24. The predicted octanol–water partition coefficient (Wildman–Crippen LogP) is 1.46. The lowest BCUT2D eigenvalue weighted by Crippen LogP contribution is -2.41. The van der Waals surface area contributed by atoms with Gasteiger partial charge in [0, 0.05) is 24.0 Å². The summed E-state index contributed by atoms with van der Waals surface area (Å²) in [7, 11) is 1.56. The van der Waals surface area contributed by atoms with Crippen molar-refractivity contribution < 1.29 is 19.1 Å². The largest absolute Gasteiger partial charge is 0.497 e. The Hall–Kier alpha value is -2.34. The van der Waals surface area contributed by atoms with Crippen molar-refractivity contribution in [2.24, 2.45) is 0 Å². The number of benzene rings is 1. The van der Waals surface area contributed by atoms with Crippen LogP contribution in [0, 0.1) is 0 Å². The van der Waals surface area contributed by atoms with E-state index in [-0.39, 0.29) is 5.91 Å². The summed E-state index contributed by atoms with van der Waals surface area (Å²) in [6.45, 7) is 2.12. The number of hydrogen-bond acceptors (Lipinski definition) is 4. The number of morpholine rings is 1. The molecule has 21 heavy (non-hydrogen) atoms. The number of hydrogen-bond donors (Lipinski definition) is 1. The minimum absolute atomic E-state index is 0.171. The molecule has 1 amide bonds. The quantitative estimate of drug-likeness (QED) is 0.868. The second-order valence-electron chi connectivity index (χ2n) is 4.85. The van der Waals surface area contributed by atoms with Gasteiger partial charge < -0.3 is 19.4 Å². The van der Waals surface area contributed by atoms with Gasteiger partial charge in [-0.15, -0.1) is 0 Å². The summed E-state index contributed by atoms with van der Waals surface area (Å²) in [5, 5.41) is 0.695. The predicted molar refractivity (Wildman–Crippen MR) is 77.0 cm³/mol. The average Bonchev–Trinajstić information content (AvgIpc) is 2.92. The second-order valence-corrected chi connectivity index (χ2v) is 4.85. The second kappa shape index (κ2) is 5.57. The Morgan fingerprint density at radius 1 is 1.38 bits per heavy atom. The van der Waals surface area contributed by atoms with Gasteiger partial charge in [0.2, 0.25) is 0 Å². The fourth-order valence-corrected chi connectivity index (χ4v) is 2.53. The molecule has 1 saturated heterocycles. The van der Waals surface area contributed by atoms with Crippen molar-refractivity contribution in [1.82, 2.24) is 9.88 Å². The van der Waals surface area contributed by atoms with Crippen molar-refractivity contribution in [3.63, 3.8) is 0 Å². The molecule has 0 bridgehead atoms. The fourth-order valence-electron chi connectivity index (χ4n) is 2.53. The Morgan fingerprint density at radius 3 is 2.81 bits per heavy atom. The molecule has 0 saturated carbocycles. The number of aromatic amines is 1. The third-order valence-electron chi connectivity index (χ3n) is 3.68. The Labute approximate surface area is 121 Å². The maximum absolute atomic E-state index is 12.6. The molecule has 0 radical (unpaired) electrons. The van der Waals surface area contributed by atoms with E-state index in [2.05, 4.69) is 4.98 Å². The van der Waals surface area contributed by atoms with Gasteiger partial charge in [0.15, 0.2) is 6.29 Å². The first kappa shape index (κ1) is 13.6. The van der Waals surface area contributed by atoms with E-state index in [1.54, 1.807) is 30.2 Å². The number of aldehydes is 1. The van der Waals surface area contributed by atoms with E-state index in [1.807, 2.05) is 0 Å². The monoisotopic (exact) mass is 288 g/mol. The Kier molecular flexibility index (Phi) is 3.62. The van der Waals surface area contributed by atoms with Gasteiger partial charge >= 0.3 is 0 Å². The highest BCUT2D eigenvalue weighted by atomic mass is 16.5. The number of carbonyl (C=O) groups excluding carboxylic acids is 2. The number of amides is 1. The molecule has 1 N–H and O–H groups in total. The van der Waals surface area contributed by atoms with Crippen molar-refractivity contribution >= 4 is 23.1 Å². The minimum atomic E-state index is -0.171. The molecular weight excluding hydrogens is 272 g/mol. The molecule has 6 nitrogen and oxygen atoms in total. The molecule has 110 valence electrons. The summed E-state index contributed by atoms with van der Waals surface area (Å²) in [6.07, 6.45) is 0.714. The number of methoxy groups -OCH3 is 1. The number of H-pyrrole nitrogens is 1. The maximum atomic E-state index is 12.6. The Bertz CT molecular complexity index is 686. The van der Waals surface area contributed by atoms with Gasteiger partial charge in [-0.2, -0.15) is 0 Å². The fraction of sp³-hybridized carbons (Fsp3) is 0.333. The molecule has 0 unspecified atom stereocenters.